The van der Waals surface area contributed by atoms with Crippen LogP contribution >= 0.6 is 0 Å². The van der Waals surface area contributed by atoms with Crippen molar-refractivity contribution in [3.63, 3.8) is 0 Å². The molecule has 4 nitrogen and oxygen atoms in total. The predicted octanol–water partition coefficient (Wildman–Crippen LogP) is 0.176. The lowest BCUT2D eigenvalue weighted by Gasteiger charge is -2.19. The van der Waals surface area contributed by atoms with Gasteiger partial charge < -0.3 is 10.2 Å². The van der Waals surface area contributed by atoms with Gasteiger partial charge in [0, 0.05) is 12.6 Å². The number of nitrogens with one attached hydrogen (secondary N) is 1. The van der Waals surface area contributed by atoms with Crippen molar-refractivity contribution in [1.82, 2.24) is 10.2 Å². The standard InChI is InChI=1S/C10H18N2O2/c1-8(13)6-10(14)11-7-9-4-3-5-12(9)2/h9H,3-7H2,1-2H3,(H,11,14). The van der Waals surface area contributed by atoms with Gasteiger partial charge in [0.05, 0.1) is 6.42 Å². The molecule has 1 aliphatic heterocycles. The first-order valence-electron chi connectivity index (χ1n) is 5.06. The molecule has 1 fully saturated rings. The number of carbonyl (C=O) groups excluding carboxylic acids is 2. The molecule has 0 aromatic carbocycles. The van der Waals surface area contributed by atoms with Crippen LogP contribution in [0.3, 0.4) is 0 Å². The van der Waals surface area contributed by atoms with E-state index >= 15 is 0 Å². The lowest BCUT2D eigenvalue weighted by molar-refractivity contribution is -0.127. The molecule has 0 saturated carbocycles. The zero-order valence-corrected chi connectivity index (χ0v) is 8.88. The summed E-state index contributed by atoms with van der Waals surface area (Å²) in [6, 6.07) is 0.450. The molecule has 1 aliphatic rings. The molecule has 1 amide bonds. The summed E-state index contributed by atoms with van der Waals surface area (Å²) in [6.07, 6.45) is 2.34. The second kappa shape index (κ2) is 5.10. The number of Topliss-reactive ketones (excluding diaryl/α,β-unsaturated/α-hetero) is 1. The highest BCUT2D eigenvalue weighted by molar-refractivity contribution is 5.96. The molecule has 1 N–H and O–H groups in total. The second-order valence-corrected chi connectivity index (χ2v) is 3.96. The van der Waals surface area contributed by atoms with Crippen molar-refractivity contribution in [2.45, 2.75) is 32.2 Å². The zero-order chi connectivity index (χ0) is 10.6. The minimum absolute atomic E-state index is 0.0104. The molecule has 0 aromatic heterocycles. The van der Waals surface area contributed by atoms with E-state index in [1.165, 1.54) is 13.3 Å². The molecule has 80 valence electrons. The summed E-state index contributed by atoms with van der Waals surface area (Å²) in [5, 5.41) is 2.78. The lowest BCUT2D eigenvalue weighted by atomic mass is 10.2. The normalized spacial score (nSPS) is 22.3. The van der Waals surface area contributed by atoms with Gasteiger partial charge in [-0.25, -0.2) is 0 Å². The second-order valence-electron chi connectivity index (χ2n) is 3.96. The van der Waals surface area contributed by atoms with Crippen LogP contribution in [0.1, 0.15) is 26.2 Å². The number of ketones is 1. The molecule has 1 rings (SSSR count). The third kappa shape index (κ3) is 3.46. The summed E-state index contributed by atoms with van der Waals surface area (Å²) in [5.74, 6) is -0.236. The fourth-order valence-electron chi connectivity index (χ4n) is 1.76. The number of nitrogens with zero attached hydrogens (tertiary/aromatic N) is 1. The average molecular weight is 198 g/mol. The van der Waals surface area contributed by atoms with Gasteiger partial charge in [-0.05, 0) is 33.4 Å². The molecule has 0 bridgehead atoms. The van der Waals surface area contributed by atoms with E-state index in [1.54, 1.807) is 0 Å². The molecule has 0 radical (unpaired) electrons. The topological polar surface area (TPSA) is 49.4 Å². The Morgan fingerprint density at radius 3 is 2.71 bits per heavy atom. The highest BCUT2D eigenvalue weighted by Gasteiger charge is 2.20. The first kappa shape index (κ1) is 11.2. The van der Waals surface area contributed by atoms with E-state index in [0.717, 1.165) is 13.0 Å². The van der Waals surface area contributed by atoms with Crippen LogP contribution < -0.4 is 5.32 Å². The van der Waals surface area contributed by atoms with Crippen molar-refractivity contribution in [2.75, 3.05) is 20.1 Å². The Hall–Kier alpha value is -0.900. The van der Waals surface area contributed by atoms with E-state index in [2.05, 4.69) is 17.3 Å². The van der Waals surface area contributed by atoms with E-state index in [-0.39, 0.29) is 18.1 Å². The van der Waals surface area contributed by atoms with Crippen molar-refractivity contribution in [3.05, 3.63) is 0 Å². The average Bonchev–Trinajstić information content (AvgIpc) is 2.46. The molecule has 0 spiro atoms. The molecule has 0 aliphatic carbocycles. The van der Waals surface area contributed by atoms with Gasteiger partial charge in [0.1, 0.15) is 5.78 Å². The predicted molar refractivity (Wildman–Crippen MR) is 54.0 cm³/mol. The van der Waals surface area contributed by atoms with Crippen molar-refractivity contribution in [1.29, 1.82) is 0 Å². The maximum absolute atomic E-state index is 11.2. The number of rotatable bonds is 4. The van der Waals surface area contributed by atoms with Gasteiger partial charge in [0.2, 0.25) is 5.91 Å². The first-order valence-corrected chi connectivity index (χ1v) is 5.06. The molecule has 0 aromatic rings. The Morgan fingerprint density at radius 2 is 2.21 bits per heavy atom. The summed E-state index contributed by atoms with van der Waals surface area (Å²) in [7, 11) is 2.06. The van der Waals surface area contributed by atoms with Crippen LogP contribution in [0, 0.1) is 0 Å². The Bertz CT molecular complexity index is 228. The maximum atomic E-state index is 11.2. The number of amides is 1. The zero-order valence-electron chi connectivity index (χ0n) is 8.88. The third-order valence-electron chi connectivity index (χ3n) is 2.62. The summed E-state index contributed by atoms with van der Waals surface area (Å²) < 4.78 is 0. The van der Waals surface area contributed by atoms with Crippen LogP contribution in [0.2, 0.25) is 0 Å². The third-order valence-corrected chi connectivity index (χ3v) is 2.62. The Morgan fingerprint density at radius 1 is 1.50 bits per heavy atom. The monoisotopic (exact) mass is 198 g/mol. The summed E-state index contributed by atoms with van der Waals surface area (Å²) in [4.78, 5) is 24.1. The molecule has 1 unspecified atom stereocenters. The highest BCUT2D eigenvalue weighted by atomic mass is 16.2. The van der Waals surface area contributed by atoms with Gasteiger partial charge >= 0.3 is 0 Å². The number of likely N-dealkylation sites (N-methyl/N-ethyl adjacent to an activating group) is 1. The van der Waals surface area contributed by atoms with E-state index in [9.17, 15) is 9.59 Å². The van der Waals surface area contributed by atoms with E-state index < -0.39 is 0 Å². The molecule has 1 saturated heterocycles. The van der Waals surface area contributed by atoms with Gasteiger partial charge in [0.15, 0.2) is 0 Å². The van der Waals surface area contributed by atoms with Crippen LogP contribution in [0.5, 0.6) is 0 Å². The maximum Gasteiger partial charge on any atom is 0.227 e. The number of hydrogen-bond donors (Lipinski definition) is 1. The Balaban J connectivity index is 2.19. The lowest BCUT2D eigenvalue weighted by Crippen LogP contribution is -2.38. The van der Waals surface area contributed by atoms with Crippen LogP contribution in [-0.4, -0.2) is 42.8 Å². The Kier molecular flexibility index (Phi) is 4.07. The van der Waals surface area contributed by atoms with Crippen LogP contribution in [0.25, 0.3) is 0 Å². The number of hydrogen-bond acceptors (Lipinski definition) is 3. The van der Waals surface area contributed by atoms with E-state index in [4.69, 9.17) is 0 Å². The minimum atomic E-state index is -0.155. The largest absolute Gasteiger partial charge is 0.354 e. The summed E-state index contributed by atoms with van der Waals surface area (Å²) in [6.45, 7) is 3.21. The van der Waals surface area contributed by atoms with Gasteiger partial charge in [-0.1, -0.05) is 0 Å². The molecule has 1 atom stereocenters. The molecular formula is C10H18N2O2. The number of likely N-dealkylation sites (tertiary alicyclic amines) is 1. The van der Waals surface area contributed by atoms with Gasteiger partial charge in [-0.3, -0.25) is 9.59 Å². The Labute approximate surface area is 84.7 Å². The number of carbonyl (C=O) groups is 2. The summed E-state index contributed by atoms with van der Waals surface area (Å²) in [5.41, 5.74) is 0. The molecule has 14 heavy (non-hydrogen) atoms. The molecule has 1 heterocycles. The van der Waals surface area contributed by atoms with Crippen LogP contribution in [-0.2, 0) is 9.59 Å². The van der Waals surface area contributed by atoms with Crippen molar-refractivity contribution in [2.24, 2.45) is 0 Å². The van der Waals surface area contributed by atoms with Gasteiger partial charge in [-0.2, -0.15) is 0 Å². The SMILES string of the molecule is CC(=O)CC(=O)NCC1CCCN1C. The van der Waals surface area contributed by atoms with Crippen LogP contribution in [0.4, 0.5) is 0 Å². The summed E-state index contributed by atoms with van der Waals surface area (Å²) >= 11 is 0. The highest BCUT2D eigenvalue weighted by Crippen LogP contribution is 2.13. The van der Waals surface area contributed by atoms with Crippen LogP contribution in [0.15, 0.2) is 0 Å². The molecular weight excluding hydrogens is 180 g/mol. The fraction of sp³-hybridized carbons (Fsp3) is 0.800. The van der Waals surface area contributed by atoms with Gasteiger partial charge in [-0.15, -0.1) is 0 Å². The van der Waals surface area contributed by atoms with Crippen molar-refractivity contribution in [3.8, 4) is 0 Å². The quantitative estimate of drug-likeness (QED) is 0.655. The van der Waals surface area contributed by atoms with Crippen molar-refractivity contribution < 1.29 is 9.59 Å². The fourth-order valence-corrected chi connectivity index (χ4v) is 1.76. The first-order chi connectivity index (χ1) is 6.59. The van der Waals surface area contributed by atoms with Crippen molar-refractivity contribution >= 4 is 11.7 Å². The molecule has 4 heteroatoms. The minimum Gasteiger partial charge on any atom is -0.354 e. The van der Waals surface area contributed by atoms with E-state index in [1.807, 2.05) is 0 Å². The van der Waals surface area contributed by atoms with Gasteiger partial charge in [0.25, 0.3) is 0 Å². The van der Waals surface area contributed by atoms with E-state index in [0.29, 0.717) is 12.6 Å². The smallest absolute Gasteiger partial charge is 0.227 e.